The van der Waals surface area contributed by atoms with Gasteiger partial charge in [0.25, 0.3) is 0 Å². The smallest absolute Gasteiger partial charge is 0.317 e. The van der Waals surface area contributed by atoms with Crippen LogP contribution in [0.2, 0.25) is 0 Å². The lowest BCUT2D eigenvalue weighted by atomic mass is 10.2. The fourth-order valence-corrected chi connectivity index (χ4v) is 3.67. The molecular weight excluding hydrogens is 218 g/mol. The molecule has 0 aliphatic carbocycles. The molecule has 88 valence electrons. The van der Waals surface area contributed by atoms with E-state index in [2.05, 4.69) is 0 Å². The Hall–Kier alpha value is -0.620. The van der Waals surface area contributed by atoms with Gasteiger partial charge in [-0.1, -0.05) is 0 Å². The van der Waals surface area contributed by atoms with Gasteiger partial charge in [0, 0.05) is 12.1 Å². The number of hydrogen-bond acceptors (Lipinski definition) is 4. The van der Waals surface area contributed by atoms with Gasteiger partial charge in [-0.05, 0) is 20.3 Å². The number of rotatable bonds is 4. The van der Waals surface area contributed by atoms with Crippen molar-refractivity contribution in [3.8, 4) is 0 Å². The summed E-state index contributed by atoms with van der Waals surface area (Å²) >= 11 is 0. The summed E-state index contributed by atoms with van der Waals surface area (Å²) in [7, 11) is -2.94. The molecule has 0 amide bonds. The third-order valence-electron chi connectivity index (χ3n) is 2.66. The van der Waals surface area contributed by atoms with Crippen LogP contribution in [0.15, 0.2) is 0 Å². The Balaban J connectivity index is 2.70. The van der Waals surface area contributed by atoms with E-state index in [4.69, 9.17) is 5.11 Å². The number of hydrogen-bond donors (Lipinski definition) is 1. The van der Waals surface area contributed by atoms with Crippen LogP contribution >= 0.6 is 0 Å². The Morgan fingerprint density at radius 1 is 1.53 bits per heavy atom. The molecule has 0 radical (unpaired) electrons. The van der Waals surface area contributed by atoms with Crippen LogP contribution in [-0.2, 0) is 14.6 Å². The molecule has 1 aliphatic rings. The molecule has 0 aromatic rings. The van der Waals surface area contributed by atoms with Crippen LogP contribution < -0.4 is 0 Å². The maximum absolute atomic E-state index is 11.3. The van der Waals surface area contributed by atoms with Crippen LogP contribution in [-0.4, -0.2) is 54.5 Å². The highest BCUT2D eigenvalue weighted by Crippen LogP contribution is 2.19. The summed E-state index contributed by atoms with van der Waals surface area (Å²) in [6, 6.07) is -0.0782. The van der Waals surface area contributed by atoms with Crippen LogP contribution in [0.3, 0.4) is 0 Å². The van der Waals surface area contributed by atoms with Gasteiger partial charge in [0.05, 0.1) is 18.1 Å². The summed E-state index contributed by atoms with van der Waals surface area (Å²) in [6.45, 7) is 3.68. The van der Waals surface area contributed by atoms with E-state index >= 15 is 0 Å². The van der Waals surface area contributed by atoms with Crippen molar-refractivity contribution in [2.45, 2.75) is 32.4 Å². The highest BCUT2D eigenvalue weighted by Gasteiger charge is 2.34. The number of carboxylic acid groups (broad SMARTS) is 1. The van der Waals surface area contributed by atoms with Crippen LogP contribution in [0.1, 0.15) is 20.3 Å². The maximum atomic E-state index is 11.3. The summed E-state index contributed by atoms with van der Waals surface area (Å²) in [4.78, 5) is 12.4. The van der Waals surface area contributed by atoms with Crippen LogP contribution in [0.5, 0.6) is 0 Å². The first-order chi connectivity index (χ1) is 6.82. The van der Waals surface area contributed by atoms with Crippen LogP contribution in [0.4, 0.5) is 0 Å². The lowest BCUT2D eigenvalue weighted by Gasteiger charge is -2.29. The van der Waals surface area contributed by atoms with Crippen molar-refractivity contribution in [1.82, 2.24) is 4.90 Å². The molecule has 1 unspecified atom stereocenters. The first-order valence-corrected chi connectivity index (χ1v) is 6.82. The fraction of sp³-hybridized carbons (Fsp3) is 0.889. The van der Waals surface area contributed by atoms with Crippen molar-refractivity contribution in [1.29, 1.82) is 0 Å². The molecule has 0 saturated carbocycles. The molecule has 0 aromatic heterocycles. The molecule has 1 aliphatic heterocycles. The molecule has 6 heteroatoms. The molecule has 1 N–H and O–H groups in total. The summed E-state index contributed by atoms with van der Waals surface area (Å²) in [6.07, 6.45) is 0.549. The number of carboxylic acids is 1. The second-order valence-corrected chi connectivity index (χ2v) is 6.45. The van der Waals surface area contributed by atoms with Gasteiger partial charge in [0.1, 0.15) is 0 Å². The Morgan fingerprint density at radius 3 is 2.47 bits per heavy atom. The second-order valence-electron chi connectivity index (χ2n) is 4.22. The van der Waals surface area contributed by atoms with Crippen molar-refractivity contribution < 1.29 is 18.3 Å². The molecule has 5 nitrogen and oxygen atoms in total. The zero-order chi connectivity index (χ0) is 11.6. The summed E-state index contributed by atoms with van der Waals surface area (Å²) in [5, 5.41) is 8.73. The Morgan fingerprint density at radius 2 is 2.13 bits per heavy atom. The fourth-order valence-electron chi connectivity index (χ4n) is 1.93. The monoisotopic (exact) mass is 235 g/mol. The third-order valence-corrected chi connectivity index (χ3v) is 4.41. The largest absolute Gasteiger partial charge is 0.480 e. The van der Waals surface area contributed by atoms with Crippen molar-refractivity contribution in [3.05, 3.63) is 0 Å². The van der Waals surface area contributed by atoms with Crippen molar-refractivity contribution in [2.24, 2.45) is 0 Å². The first kappa shape index (κ1) is 12.4. The van der Waals surface area contributed by atoms with Crippen LogP contribution in [0, 0.1) is 0 Å². The topological polar surface area (TPSA) is 74.7 Å². The number of nitrogens with zero attached hydrogens (tertiary/aromatic N) is 1. The SMILES string of the molecule is CC(C)N(CC(=O)O)C1CCS(=O)(=O)C1. The van der Waals surface area contributed by atoms with E-state index in [9.17, 15) is 13.2 Å². The quantitative estimate of drug-likeness (QED) is 0.740. The van der Waals surface area contributed by atoms with Gasteiger partial charge in [-0.2, -0.15) is 0 Å². The molecule has 0 spiro atoms. The van der Waals surface area contributed by atoms with Crippen molar-refractivity contribution in [3.63, 3.8) is 0 Å². The normalized spacial score (nSPS) is 24.9. The molecule has 1 rings (SSSR count). The standard InChI is InChI=1S/C9H17NO4S/c1-7(2)10(5-9(11)12)8-3-4-15(13,14)6-8/h7-8H,3-6H2,1-2H3,(H,11,12). The zero-order valence-corrected chi connectivity index (χ0v) is 9.83. The van der Waals surface area contributed by atoms with Gasteiger partial charge in [0.15, 0.2) is 9.84 Å². The van der Waals surface area contributed by atoms with Gasteiger partial charge >= 0.3 is 5.97 Å². The summed E-state index contributed by atoms with van der Waals surface area (Å²) < 4.78 is 22.6. The van der Waals surface area contributed by atoms with Crippen molar-refractivity contribution >= 4 is 15.8 Å². The van der Waals surface area contributed by atoms with Crippen molar-refractivity contribution in [2.75, 3.05) is 18.1 Å². The van der Waals surface area contributed by atoms with E-state index in [1.54, 1.807) is 4.90 Å². The van der Waals surface area contributed by atoms with E-state index < -0.39 is 15.8 Å². The minimum atomic E-state index is -2.94. The molecule has 1 atom stereocenters. The highest BCUT2D eigenvalue weighted by atomic mass is 32.2. The number of carbonyl (C=O) groups is 1. The van der Waals surface area contributed by atoms with E-state index in [1.807, 2.05) is 13.8 Å². The van der Waals surface area contributed by atoms with E-state index in [-0.39, 0.29) is 30.1 Å². The molecule has 1 saturated heterocycles. The molecule has 1 heterocycles. The lowest BCUT2D eigenvalue weighted by molar-refractivity contribution is -0.139. The Labute approximate surface area is 90.0 Å². The third kappa shape index (κ3) is 3.46. The summed E-state index contributed by atoms with van der Waals surface area (Å²) in [5.74, 6) is -0.633. The van der Waals surface area contributed by atoms with E-state index in [0.717, 1.165) is 0 Å². The first-order valence-electron chi connectivity index (χ1n) is 5.00. The molecule has 15 heavy (non-hydrogen) atoms. The molecule has 0 bridgehead atoms. The van der Waals surface area contributed by atoms with Gasteiger partial charge < -0.3 is 5.11 Å². The molecular formula is C9H17NO4S. The molecule has 0 aromatic carbocycles. The van der Waals surface area contributed by atoms with E-state index in [0.29, 0.717) is 6.42 Å². The lowest BCUT2D eigenvalue weighted by Crippen LogP contribution is -2.44. The highest BCUT2D eigenvalue weighted by molar-refractivity contribution is 7.91. The minimum absolute atomic E-state index is 0.0550. The maximum Gasteiger partial charge on any atom is 0.317 e. The minimum Gasteiger partial charge on any atom is -0.480 e. The van der Waals surface area contributed by atoms with Crippen LogP contribution in [0.25, 0.3) is 0 Å². The molecule has 1 fully saturated rings. The Bertz CT molecular complexity index is 336. The predicted octanol–water partition coefficient (Wildman–Crippen LogP) is -0.0315. The Kier molecular flexibility index (Phi) is 3.72. The average Bonchev–Trinajstić information content (AvgIpc) is 2.41. The summed E-state index contributed by atoms with van der Waals surface area (Å²) in [5.41, 5.74) is 0. The van der Waals surface area contributed by atoms with E-state index in [1.165, 1.54) is 0 Å². The average molecular weight is 235 g/mol. The van der Waals surface area contributed by atoms with Gasteiger partial charge in [-0.25, -0.2) is 8.42 Å². The zero-order valence-electron chi connectivity index (χ0n) is 9.01. The van der Waals surface area contributed by atoms with Gasteiger partial charge in [0.2, 0.25) is 0 Å². The van der Waals surface area contributed by atoms with Gasteiger partial charge in [-0.3, -0.25) is 9.69 Å². The second kappa shape index (κ2) is 4.49. The number of sulfone groups is 1. The van der Waals surface area contributed by atoms with Gasteiger partial charge in [-0.15, -0.1) is 0 Å². The number of aliphatic carboxylic acids is 1. The predicted molar refractivity (Wildman–Crippen MR) is 56.5 cm³/mol.